The largest absolute Gasteiger partial charge is 0.368 e. The third-order valence-corrected chi connectivity index (χ3v) is 9.41. The quantitative estimate of drug-likeness (QED) is 0.444. The fraction of sp³-hybridized carbons (Fsp3) is 0.621. The van der Waals surface area contributed by atoms with Crippen LogP contribution in [0.3, 0.4) is 0 Å². The molecule has 4 N–H and O–H groups in total. The van der Waals surface area contributed by atoms with Gasteiger partial charge in [-0.2, -0.15) is 10.2 Å². The van der Waals surface area contributed by atoms with Gasteiger partial charge in [-0.15, -0.1) is 0 Å². The van der Waals surface area contributed by atoms with E-state index in [9.17, 15) is 5.26 Å². The summed E-state index contributed by atoms with van der Waals surface area (Å²) in [6.07, 6.45) is 10.9. The molecule has 0 amide bonds. The van der Waals surface area contributed by atoms with E-state index in [4.69, 9.17) is 4.98 Å². The van der Waals surface area contributed by atoms with Crippen LogP contribution in [0.2, 0.25) is 0 Å². The number of aryl methyl sites for hydroxylation is 1. The zero-order valence-corrected chi connectivity index (χ0v) is 21.4. The van der Waals surface area contributed by atoms with Crippen LogP contribution in [-0.2, 0) is 6.54 Å². The summed E-state index contributed by atoms with van der Waals surface area (Å²) in [6, 6.07) is 12.0. The van der Waals surface area contributed by atoms with Crippen molar-refractivity contribution in [3.05, 3.63) is 47.2 Å². The maximum absolute atomic E-state index is 9.70. The summed E-state index contributed by atoms with van der Waals surface area (Å²) in [5.41, 5.74) is 3.31. The highest BCUT2D eigenvalue weighted by Crippen LogP contribution is 2.60. The van der Waals surface area contributed by atoms with Gasteiger partial charge in [-0.3, -0.25) is 0 Å². The summed E-state index contributed by atoms with van der Waals surface area (Å²) in [7, 11) is 0. The van der Waals surface area contributed by atoms with Crippen molar-refractivity contribution in [2.45, 2.75) is 70.5 Å². The second-order valence-corrected chi connectivity index (χ2v) is 11.9. The van der Waals surface area contributed by atoms with E-state index in [1.54, 1.807) is 6.20 Å². The Hall–Kier alpha value is -2.69. The molecule has 1 aromatic heterocycles. The number of aromatic nitrogens is 2. The highest BCUT2D eigenvalue weighted by molar-refractivity contribution is 5.53. The molecule has 2 aromatic rings. The standard InChI is InChI=1S/C29H39N7/c1-19-4-2-3-5-21(19)16-32-28-33-17-24(15-30)27(36-28)34-18-29-12-20-10-22(13-29)26(23(11-20)14-29)35-25-6-8-31-9-7-25/h2-5,17,20,22-23,25-26,31,35H,6-14,16,18H2,1H3,(H2,32,33,34,36)/t20?,22-,23?,26?,29?/m0/s1. The highest BCUT2D eigenvalue weighted by atomic mass is 15.1. The molecule has 2 heterocycles. The molecule has 1 aliphatic heterocycles. The molecule has 36 heavy (non-hydrogen) atoms. The van der Waals surface area contributed by atoms with Crippen molar-refractivity contribution in [3.8, 4) is 6.07 Å². The van der Waals surface area contributed by atoms with Crippen molar-refractivity contribution in [2.24, 2.45) is 23.2 Å². The van der Waals surface area contributed by atoms with Crippen molar-refractivity contribution >= 4 is 11.8 Å². The Morgan fingerprint density at radius 2 is 1.86 bits per heavy atom. The Balaban J connectivity index is 1.12. The Labute approximate surface area is 214 Å². The van der Waals surface area contributed by atoms with Gasteiger partial charge >= 0.3 is 0 Å². The SMILES string of the molecule is Cc1ccccc1CNc1ncc(C#N)c(NCC23CC4CC(C2)C(NC2CCNCC2)[C@@H](C4)C3)n1. The normalized spacial score (nSPS) is 31.2. The van der Waals surface area contributed by atoms with E-state index in [-0.39, 0.29) is 0 Å². The average Bonchev–Trinajstić information content (AvgIpc) is 2.89. The number of benzene rings is 1. The number of anilines is 2. The molecule has 4 unspecified atom stereocenters. The number of nitriles is 1. The van der Waals surface area contributed by atoms with E-state index >= 15 is 0 Å². The fourth-order valence-corrected chi connectivity index (χ4v) is 7.88. The van der Waals surface area contributed by atoms with Gasteiger partial charge in [0.1, 0.15) is 17.5 Å². The van der Waals surface area contributed by atoms with Crippen LogP contribution in [0, 0.1) is 41.4 Å². The van der Waals surface area contributed by atoms with Crippen LogP contribution in [-0.4, -0.2) is 41.7 Å². The minimum atomic E-state index is 0.329. The monoisotopic (exact) mass is 485 g/mol. The zero-order chi connectivity index (χ0) is 24.5. The summed E-state index contributed by atoms with van der Waals surface area (Å²) >= 11 is 0. The molecule has 1 aromatic carbocycles. The third-order valence-electron chi connectivity index (χ3n) is 9.41. The van der Waals surface area contributed by atoms with E-state index in [1.807, 2.05) is 0 Å². The lowest BCUT2D eigenvalue weighted by Crippen LogP contribution is -2.61. The van der Waals surface area contributed by atoms with Crippen LogP contribution >= 0.6 is 0 Å². The molecule has 7 nitrogen and oxygen atoms in total. The number of nitrogens with zero attached hydrogens (tertiary/aromatic N) is 3. The number of nitrogens with one attached hydrogen (secondary N) is 4. The van der Waals surface area contributed by atoms with E-state index < -0.39 is 0 Å². The van der Waals surface area contributed by atoms with Gasteiger partial charge < -0.3 is 21.3 Å². The Kier molecular flexibility index (Phi) is 6.57. The van der Waals surface area contributed by atoms with Crippen LogP contribution in [0.25, 0.3) is 0 Å². The maximum atomic E-state index is 9.70. The second-order valence-electron chi connectivity index (χ2n) is 11.9. The Morgan fingerprint density at radius 3 is 2.61 bits per heavy atom. The average molecular weight is 486 g/mol. The molecule has 0 radical (unpaired) electrons. The zero-order valence-electron chi connectivity index (χ0n) is 21.4. The van der Waals surface area contributed by atoms with Crippen LogP contribution in [0.15, 0.2) is 30.5 Å². The van der Waals surface area contributed by atoms with Crippen molar-refractivity contribution < 1.29 is 0 Å². The first-order valence-electron chi connectivity index (χ1n) is 13.9. The third kappa shape index (κ3) is 4.81. The molecule has 5 fully saturated rings. The first-order valence-corrected chi connectivity index (χ1v) is 13.9. The number of rotatable bonds is 8. The van der Waals surface area contributed by atoms with Gasteiger partial charge in [-0.1, -0.05) is 24.3 Å². The van der Waals surface area contributed by atoms with Crippen LogP contribution in [0.1, 0.15) is 61.6 Å². The first kappa shape index (κ1) is 23.7. The maximum Gasteiger partial charge on any atom is 0.224 e. The predicted molar refractivity (Wildman–Crippen MR) is 143 cm³/mol. The molecular formula is C29H39N7. The molecule has 5 atom stereocenters. The van der Waals surface area contributed by atoms with Crippen LogP contribution in [0.4, 0.5) is 11.8 Å². The topological polar surface area (TPSA) is 97.7 Å². The molecule has 4 aliphatic carbocycles. The summed E-state index contributed by atoms with van der Waals surface area (Å²) in [4.78, 5) is 9.12. The van der Waals surface area contributed by atoms with Crippen LogP contribution < -0.4 is 21.3 Å². The minimum absolute atomic E-state index is 0.329. The molecule has 4 saturated carbocycles. The van der Waals surface area contributed by atoms with Crippen LogP contribution in [0.5, 0.6) is 0 Å². The fourth-order valence-electron chi connectivity index (χ4n) is 7.88. The lowest BCUT2D eigenvalue weighted by molar-refractivity contribution is -0.0727. The number of piperidine rings is 1. The lowest BCUT2D eigenvalue weighted by atomic mass is 9.48. The van der Waals surface area contributed by atoms with E-state index in [0.29, 0.717) is 41.4 Å². The number of hydrogen-bond donors (Lipinski definition) is 4. The van der Waals surface area contributed by atoms with E-state index in [2.05, 4.69) is 63.5 Å². The molecule has 0 spiro atoms. The summed E-state index contributed by atoms with van der Waals surface area (Å²) in [5, 5.41) is 24.3. The molecular weight excluding hydrogens is 446 g/mol. The molecule has 1 saturated heterocycles. The van der Waals surface area contributed by atoms with Gasteiger partial charge in [-0.05, 0) is 99.3 Å². The summed E-state index contributed by atoms with van der Waals surface area (Å²) < 4.78 is 0. The molecule has 190 valence electrons. The van der Waals surface area contributed by atoms with Gasteiger partial charge in [0.2, 0.25) is 5.95 Å². The van der Waals surface area contributed by atoms with Gasteiger partial charge in [0.15, 0.2) is 0 Å². The van der Waals surface area contributed by atoms with Crippen molar-refractivity contribution in [3.63, 3.8) is 0 Å². The molecule has 4 bridgehead atoms. The predicted octanol–water partition coefficient (Wildman–Crippen LogP) is 4.22. The lowest BCUT2D eigenvalue weighted by Gasteiger charge is -2.61. The second kappa shape index (κ2) is 9.99. The van der Waals surface area contributed by atoms with Gasteiger partial charge in [0.25, 0.3) is 0 Å². The van der Waals surface area contributed by atoms with Crippen molar-refractivity contribution in [1.29, 1.82) is 5.26 Å². The summed E-state index contributed by atoms with van der Waals surface area (Å²) in [6.45, 7) is 5.98. The van der Waals surface area contributed by atoms with Crippen molar-refractivity contribution in [2.75, 3.05) is 30.3 Å². The van der Waals surface area contributed by atoms with E-state index in [1.165, 1.54) is 56.1 Å². The molecule has 7 rings (SSSR count). The van der Waals surface area contributed by atoms with Gasteiger partial charge in [0, 0.05) is 25.2 Å². The van der Waals surface area contributed by atoms with E-state index in [0.717, 1.165) is 37.4 Å². The smallest absolute Gasteiger partial charge is 0.224 e. The molecule has 5 aliphatic rings. The number of hydrogen-bond acceptors (Lipinski definition) is 7. The minimum Gasteiger partial charge on any atom is -0.368 e. The Morgan fingerprint density at radius 1 is 1.08 bits per heavy atom. The Bertz CT molecular complexity index is 1100. The van der Waals surface area contributed by atoms with Crippen molar-refractivity contribution in [1.82, 2.24) is 20.6 Å². The highest BCUT2D eigenvalue weighted by Gasteiger charge is 2.55. The summed E-state index contributed by atoms with van der Waals surface area (Å²) in [5.74, 6) is 3.68. The first-order chi connectivity index (χ1) is 17.6. The molecule has 7 heteroatoms. The van der Waals surface area contributed by atoms with Gasteiger partial charge in [0.05, 0.1) is 6.20 Å². The van der Waals surface area contributed by atoms with Gasteiger partial charge in [-0.25, -0.2) is 4.98 Å².